The van der Waals surface area contributed by atoms with Gasteiger partial charge in [-0.05, 0) is 55.7 Å². The summed E-state index contributed by atoms with van der Waals surface area (Å²) in [6, 6.07) is 8.55. The van der Waals surface area contributed by atoms with Gasteiger partial charge in [0.15, 0.2) is 0 Å². The van der Waals surface area contributed by atoms with Gasteiger partial charge < -0.3 is 10.1 Å². The number of carbonyl (C=O) groups excluding carboxylic acids is 1. The summed E-state index contributed by atoms with van der Waals surface area (Å²) in [6.07, 6.45) is 3.56. The van der Waals surface area contributed by atoms with Gasteiger partial charge in [0.25, 0.3) is 5.91 Å². The van der Waals surface area contributed by atoms with E-state index in [2.05, 4.69) is 5.32 Å². The summed E-state index contributed by atoms with van der Waals surface area (Å²) in [5, 5.41) is 2.62. The van der Waals surface area contributed by atoms with Gasteiger partial charge in [-0.2, -0.15) is 4.31 Å². The largest absolute Gasteiger partial charge is 0.495 e. The molecule has 1 heterocycles. The van der Waals surface area contributed by atoms with Gasteiger partial charge in [0.1, 0.15) is 11.6 Å². The van der Waals surface area contributed by atoms with Gasteiger partial charge in [0.2, 0.25) is 10.0 Å². The lowest BCUT2D eigenvalue weighted by atomic mass is 10.1. The standard InChI is InChI=1S/C21H25FN2O4S/c1-15-7-10-20(28-2)19(13-15)23-21(25)17-14-16(8-9-18(17)22)29(26,27)24-11-5-3-4-6-12-24/h7-10,13-14H,3-6,11-12H2,1-2H3,(H,23,25). The molecule has 1 aliphatic rings. The van der Waals surface area contributed by atoms with Gasteiger partial charge in [-0.15, -0.1) is 0 Å². The number of hydrogen-bond donors (Lipinski definition) is 1. The smallest absolute Gasteiger partial charge is 0.258 e. The third kappa shape index (κ3) is 4.76. The quantitative estimate of drug-likeness (QED) is 0.794. The zero-order valence-electron chi connectivity index (χ0n) is 16.6. The van der Waals surface area contributed by atoms with Crippen molar-refractivity contribution in [2.75, 3.05) is 25.5 Å². The van der Waals surface area contributed by atoms with Gasteiger partial charge >= 0.3 is 0 Å². The Morgan fingerprint density at radius 2 is 1.76 bits per heavy atom. The van der Waals surface area contributed by atoms with E-state index in [0.29, 0.717) is 24.5 Å². The first-order chi connectivity index (χ1) is 13.8. The second kappa shape index (κ2) is 8.92. The Hall–Kier alpha value is -2.45. The highest BCUT2D eigenvalue weighted by atomic mass is 32.2. The van der Waals surface area contributed by atoms with E-state index in [1.807, 2.05) is 13.0 Å². The minimum Gasteiger partial charge on any atom is -0.495 e. The molecule has 0 bridgehead atoms. The molecule has 0 aromatic heterocycles. The van der Waals surface area contributed by atoms with Crippen LogP contribution in [0.15, 0.2) is 41.3 Å². The Balaban J connectivity index is 1.91. The van der Waals surface area contributed by atoms with Crippen molar-refractivity contribution < 1.29 is 22.3 Å². The van der Waals surface area contributed by atoms with E-state index in [-0.39, 0.29) is 10.5 Å². The minimum absolute atomic E-state index is 0.0813. The van der Waals surface area contributed by atoms with Crippen LogP contribution in [0.5, 0.6) is 5.75 Å². The first-order valence-electron chi connectivity index (χ1n) is 9.58. The molecule has 0 atom stereocenters. The molecule has 156 valence electrons. The van der Waals surface area contributed by atoms with E-state index in [9.17, 15) is 17.6 Å². The number of nitrogens with one attached hydrogen (secondary N) is 1. The van der Waals surface area contributed by atoms with Gasteiger partial charge in [0.05, 0.1) is 23.3 Å². The van der Waals surface area contributed by atoms with Crippen molar-refractivity contribution in [3.8, 4) is 5.75 Å². The molecule has 1 amide bonds. The number of nitrogens with zero attached hydrogens (tertiary/aromatic N) is 1. The summed E-state index contributed by atoms with van der Waals surface area (Å²) in [4.78, 5) is 12.6. The van der Waals surface area contributed by atoms with Crippen LogP contribution in [0.3, 0.4) is 0 Å². The Morgan fingerprint density at radius 1 is 1.07 bits per heavy atom. The molecule has 1 fully saturated rings. The third-order valence-electron chi connectivity index (χ3n) is 4.99. The Bertz CT molecular complexity index is 1000. The number of ether oxygens (including phenoxy) is 1. The average Bonchev–Trinajstić information content (AvgIpc) is 2.98. The molecule has 1 N–H and O–H groups in total. The van der Waals surface area contributed by atoms with Crippen molar-refractivity contribution in [2.24, 2.45) is 0 Å². The van der Waals surface area contributed by atoms with Crippen LogP contribution in [-0.4, -0.2) is 38.8 Å². The third-order valence-corrected chi connectivity index (χ3v) is 6.88. The van der Waals surface area contributed by atoms with E-state index in [1.165, 1.54) is 17.5 Å². The number of amides is 1. The predicted molar refractivity (Wildman–Crippen MR) is 109 cm³/mol. The Morgan fingerprint density at radius 3 is 2.41 bits per heavy atom. The number of methoxy groups -OCH3 is 1. The average molecular weight is 421 g/mol. The fraction of sp³-hybridized carbons (Fsp3) is 0.381. The number of sulfonamides is 1. The van der Waals surface area contributed by atoms with Crippen molar-refractivity contribution in [2.45, 2.75) is 37.5 Å². The molecule has 6 nitrogen and oxygen atoms in total. The number of aryl methyl sites for hydroxylation is 1. The van der Waals surface area contributed by atoms with Gasteiger partial charge in [-0.3, -0.25) is 4.79 Å². The van der Waals surface area contributed by atoms with Crippen LogP contribution in [0.4, 0.5) is 10.1 Å². The second-order valence-corrected chi connectivity index (χ2v) is 9.06. The lowest BCUT2D eigenvalue weighted by Gasteiger charge is -2.20. The molecule has 8 heteroatoms. The lowest BCUT2D eigenvalue weighted by Crippen LogP contribution is -2.32. The van der Waals surface area contributed by atoms with Crippen LogP contribution >= 0.6 is 0 Å². The van der Waals surface area contributed by atoms with Crippen LogP contribution in [0.25, 0.3) is 0 Å². The van der Waals surface area contributed by atoms with Crippen LogP contribution in [0, 0.1) is 12.7 Å². The first-order valence-corrected chi connectivity index (χ1v) is 11.0. The minimum atomic E-state index is -3.79. The molecule has 2 aromatic carbocycles. The molecular weight excluding hydrogens is 395 g/mol. The molecule has 0 saturated carbocycles. The summed E-state index contributed by atoms with van der Waals surface area (Å²) in [5.41, 5.74) is 0.946. The predicted octanol–water partition coefficient (Wildman–Crippen LogP) is 3.96. The lowest BCUT2D eigenvalue weighted by molar-refractivity contribution is 0.102. The highest BCUT2D eigenvalue weighted by molar-refractivity contribution is 7.89. The number of hydrogen-bond acceptors (Lipinski definition) is 4. The Labute approximate surface area is 170 Å². The summed E-state index contributed by atoms with van der Waals surface area (Å²) >= 11 is 0. The monoisotopic (exact) mass is 420 g/mol. The van der Waals surface area contributed by atoms with Gasteiger partial charge in [0, 0.05) is 13.1 Å². The van der Waals surface area contributed by atoms with E-state index < -0.39 is 21.7 Å². The number of carbonyl (C=O) groups is 1. The van der Waals surface area contributed by atoms with Crippen molar-refractivity contribution in [3.05, 3.63) is 53.3 Å². The molecule has 0 spiro atoms. The van der Waals surface area contributed by atoms with E-state index >= 15 is 0 Å². The highest BCUT2D eigenvalue weighted by Crippen LogP contribution is 2.27. The summed E-state index contributed by atoms with van der Waals surface area (Å²) in [5.74, 6) is -1.10. The van der Waals surface area contributed by atoms with Crippen molar-refractivity contribution in [1.82, 2.24) is 4.31 Å². The number of rotatable bonds is 5. The molecule has 0 radical (unpaired) electrons. The van der Waals surface area contributed by atoms with Crippen molar-refractivity contribution in [3.63, 3.8) is 0 Å². The van der Waals surface area contributed by atoms with Gasteiger partial charge in [-0.1, -0.05) is 18.9 Å². The van der Waals surface area contributed by atoms with Crippen LogP contribution in [-0.2, 0) is 10.0 Å². The van der Waals surface area contributed by atoms with Crippen LogP contribution in [0.1, 0.15) is 41.6 Å². The van der Waals surface area contributed by atoms with Crippen LogP contribution in [0.2, 0.25) is 0 Å². The molecule has 29 heavy (non-hydrogen) atoms. The second-order valence-electron chi connectivity index (χ2n) is 7.12. The molecular formula is C21H25FN2O4S. The number of benzene rings is 2. The highest BCUT2D eigenvalue weighted by Gasteiger charge is 2.27. The number of halogens is 1. The fourth-order valence-corrected chi connectivity index (χ4v) is 4.92. The molecule has 3 rings (SSSR count). The molecule has 0 unspecified atom stereocenters. The van der Waals surface area contributed by atoms with Crippen molar-refractivity contribution in [1.29, 1.82) is 0 Å². The molecule has 0 aliphatic carbocycles. The Kier molecular flexibility index (Phi) is 6.54. The van der Waals surface area contributed by atoms with E-state index in [0.717, 1.165) is 43.4 Å². The maximum atomic E-state index is 14.4. The van der Waals surface area contributed by atoms with E-state index in [1.54, 1.807) is 12.1 Å². The molecule has 1 aliphatic heterocycles. The zero-order chi connectivity index (χ0) is 21.0. The molecule has 2 aromatic rings. The summed E-state index contributed by atoms with van der Waals surface area (Å²) in [6.45, 7) is 2.72. The topological polar surface area (TPSA) is 75.7 Å². The fourth-order valence-electron chi connectivity index (χ4n) is 3.38. The maximum absolute atomic E-state index is 14.4. The zero-order valence-corrected chi connectivity index (χ0v) is 17.4. The van der Waals surface area contributed by atoms with E-state index in [4.69, 9.17) is 4.74 Å². The summed E-state index contributed by atoms with van der Waals surface area (Å²) in [7, 11) is -2.32. The normalized spacial score (nSPS) is 15.6. The van der Waals surface area contributed by atoms with Gasteiger partial charge in [-0.25, -0.2) is 12.8 Å². The maximum Gasteiger partial charge on any atom is 0.258 e. The molecule has 1 saturated heterocycles. The van der Waals surface area contributed by atoms with Crippen molar-refractivity contribution >= 4 is 21.6 Å². The SMILES string of the molecule is COc1ccc(C)cc1NC(=O)c1cc(S(=O)(=O)N2CCCCCC2)ccc1F. The van der Waals surface area contributed by atoms with Crippen LogP contribution < -0.4 is 10.1 Å². The summed E-state index contributed by atoms with van der Waals surface area (Å²) < 4.78 is 47.0. The first kappa shape index (κ1) is 21.3. The number of anilines is 1.